The normalized spacial score (nSPS) is 13.9. The van der Waals surface area contributed by atoms with E-state index in [9.17, 15) is 0 Å². The Morgan fingerprint density at radius 2 is 1.80 bits per heavy atom. The number of rotatable bonds is 2. The molecule has 1 aliphatic heterocycles. The van der Waals surface area contributed by atoms with Gasteiger partial charge in [-0.3, -0.25) is 0 Å². The Labute approximate surface area is 161 Å². The van der Waals surface area contributed by atoms with Crippen LogP contribution in [0.2, 0.25) is 15.1 Å². The van der Waals surface area contributed by atoms with Gasteiger partial charge in [0.2, 0.25) is 0 Å². The van der Waals surface area contributed by atoms with E-state index in [1.165, 1.54) is 5.56 Å². The van der Waals surface area contributed by atoms with Crippen LogP contribution in [0.15, 0.2) is 42.5 Å². The highest BCUT2D eigenvalue weighted by Crippen LogP contribution is 2.38. The molecule has 0 spiro atoms. The fourth-order valence-corrected chi connectivity index (χ4v) is 3.88. The molecule has 3 nitrogen and oxygen atoms in total. The van der Waals surface area contributed by atoms with Crippen LogP contribution in [0.5, 0.6) is 0 Å². The van der Waals surface area contributed by atoms with Crippen molar-refractivity contribution in [3.63, 3.8) is 0 Å². The fraction of sp³-hybridized carbons (Fsp3) is 0.211. The van der Waals surface area contributed by atoms with Gasteiger partial charge in [-0.1, -0.05) is 40.9 Å². The van der Waals surface area contributed by atoms with Crippen LogP contribution in [0, 0.1) is 0 Å². The van der Waals surface area contributed by atoms with Crippen molar-refractivity contribution >= 4 is 40.6 Å². The largest absolute Gasteiger partial charge is 0.370 e. The SMILES string of the molecule is Clc1cccc(-n2nc(-c3ccc(Cl)cc3Cl)c3c2NCCCC3)c1. The van der Waals surface area contributed by atoms with Gasteiger partial charge in [-0.05, 0) is 55.7 Å². The maximum atomic E-state index is 6.45. The Bertz CT molecular complexity index is 934. The molecule has 6 heteroatoms. The summed E-state index contributed by atoms with van der Waals surface area (Å²) in [5.74, 6) is 1.01. The first-order chi connectivity index (χ1) is 12.1. The van der Waals surface area contributed by atoms with Gasteiger partial charge >= 0.3 is 0 Å². The highest BCUT2D eigenvalue weighted by atomic mass is 35.5. The molecule has 0 saturated carbocycles. The summed E-state index contributed by atoms with van der Waals surface area (Å²) in [6, 6.07) is 13.2. The Kier molecular flexibility index (Phi) is 4.63. The fourth-order valence-electron chi connectivity index (χ4n) is 3.19. The highest BCUT2D eigenvalue weighted by molar-refractivity contribution is 6.36. The van der Waals surface area contributed by atoms with E-state index >= 15 is 0 Å². The van der Waals surface area contributed by atoms with Gasteiger partial charge in [0.15, 0.2) is 0 Å². The van der Waals surface area contributed by atoms with E-state index in [2.05, 4.69) is 5.32 Å². The zero-order chi connectivity index (χ0) is 17.4. The van der Waals surface area contributed by atoms with Gasteiger partial charge in [-0.25, -0.2) is 4.68 Å². The molecule has 0 amide bonds. The van der Waals surface area contributed by atoms with E-state index in [4.69, 9.17) is 39.9 Å². The molecule has 0 unspecified atom stereocenters. The van der Waals surface area contributed by atoms with Crippen LogP contribution in [0.3, 0.4) is 0 Å². The van der Waals surface area contributed by atoms with Crippen molar-refractivity contribution in [2.75, 3.05) is 11.9 Å². The molecular formula is C19H16Cl3N3. The van der Waals surface area contributed by atoms with E-state index in [1.807, 2.05) is 41.1 Å². The summed E-state index contributed by atoms with van der Waals surface area (Å²) in [5.41, 5.74) is 3.90. The zero-order valence-electron chi connectivity index (χ0n) is 13.4. The van der Waals surface area contributed by atoms with E-state index in [1.54, 1.807) is 6.07 Å². The maximum Gasteiger partial charge on any atom is 0.133 e. The summed E-state index contributed by atoms with van der Waals surface area (Å²) in [6.45, 7) is 0.924. The second-order valence-electron chi connectivity index (χ2n) is 6.08. The quantitative estimate of drug-likeness (QED) is 0.559. The van der Waals surface area contributed by atoms with Gasteiger partial charge in [0, 0.05) is 27.7 Å². The molecule has 2 heterocycles. The first-order valence-corrected chi connectivity index (χ1v) is 9.34. The molecule has 1 aromatic heterocycles. The first-order valence-electron chi connectivity index (χ1n) is 8.20. The van der Waals surface area contributed by atoms with Crippen LogP contribution >= 0.6 is 34.8 Å². The highest BCUT2D eigenvalue weighted by Gasteiger charge is 2.23. The number of hydrogen-bond acceptors (Lipinski definition) is 2. The van der Waals surface area contributed by atoms with Crippen LogP contribution in [0.25, 0.3) is 16.9 Å². The van der Waals surface area contributed by atoms with Crippen LogP contribution in [-0.2, 0) is 6.42 Å². The van der Waals surface area contributed by atoms with Crippen LogP contribution in [0.1, 0.15) is 18.4 Å². The lowest BCUT2D eigenvalue weighted by Crippen LogP contribution is -2.07. The second kappa shape index (κ2) is 6.91. The number of halogens is 3. The van der Waals surface area contributed by atoms with E-state index in [0.717, 1.165) is 48.6 Å². The topological polar surface area (TPSA) is 29.9 Å². The summed E-state index contributed by atoms with van der Waals surface area (Å²) in [6.07, 6.45) is 3.19. The van der Waals surface area contributed by atoms with Crippen LogP contribution in [-0.4, -0.2) is 16.3 Å². The number of fused-ring (bicyclic) bond motifs is 1. The van der Waals surface area contributed by atoms with Crippen molar-refractivity contribution in [1.29, 1.82) is 0 Å². The average molecular weight is 393 g/mol. The molecular weight excluding hydrogens is 377 g/mol. The molecule has 0 radical (unpaired) electrons. The molecule has 25 heavy (non-hydrogen) atoms. The molecule has 0 bridgehead atoms. The molecule has 0 fully saturated rings. The summed E-state index contributed by atoms with van der Waals surface area (Å²) in [5, 5.41) is 10.3. The number of anilines is 1. The number of hydrogen-bond donors (Lipinski definition) is 1. The van der Waals surface area contributed by atoms with Gasteiger partial charge in [0.1, 0.15) is 5.82 Å². The lowest BCUT2D eigenvalue weighted by molar-refractivity contribution is 0.780. The summed E-state index contributed by atoms with van der Waals surface area (Å²) in [4.78, 5) is 0. The molecule has 3 aromatic rings. The minimum absolute atomic E-state index is 0.607. The summed E-state index contributed by atoms with van der Waals surface area (Å²) < 4.78 is 1.92. The predicted molar refractivity (Wildman–Crippen MR) is 105 cm³/mol. The van der Waals surface area contributed by atoms with Crippen molar-refractivity contribution in [2.45, 2.75) is 19.3 Å². The van der Waals surface area contributed by atoms with Crippen molar-refractivity contribution in [3.8, 4) is 16.9 Å². The molecule has 1 aliphatic rings. The van der Waals surface area contributed by atoms with Gasteiger partial charge < -0.3 is 5.32 Å². The molecule has 0 aliphatic carbocycles. The summed E-state index contributed by atoms with van der Waals surface area (Å²) >= 11 is 18.7. The smallest absolute Gasteiger partial charge is 0.133 e. The molecule has 1 N–H and O–H groups in total. The van der Waals surface area contributed by atoms with Gasteiger partial charge in [0.05, 0.1) is 16.4 Å². The lowest BCUT2D eigenvalue weighted by atomic mass is 10.0. The van der Waals surface area contributed by atoms with Crippen LogP contribution in [0.4, 0.5) is 5.82 Å². The zero-order valence-corrected chi connectivity index (χ0v) is 15.7. The predicted octanol–water partition coefficient (Wildman–Crippen LogP) is 6.25. The first kappa shape index (κ1) is 16.8. The standard InChI is InChI=1S/C19H16Cl3N3/c20-12-4-3-5-14(10-12)25-19-16(6-1-2-9-23-19)18(24-25)15-8-7-13(21)11-17(15)22/h3-5,7-8,10-11,23H,1-2,6,9H2. The average Bonchev–Trinajstić information content (AvgIpc) is 2.77. The molecule has 2 aromatic carbocycles. The van der Waals surface area contributed by atoms with E-state index in [0.29, 0.717) is 15.1 Å². The van der Waals surface area contributed by atoms with E-state index < -0.39 is 0 Å². The van der Waals surface area contributed by atoms with Gasteiger partial charge in [-0.2, -0.15) is 5.10 Å². The van der Waals surface area contributed by atoms with Crippen LogP contribution < -0.4 is 5.32 Å². The minimum atomic E-state index is 0.607. The molecule has 128 valence electrons. The number of nitrogens with zero attached hydrogens (tertiary/aromatic N) is 2. The third-order valence-electron chi connectivity index (χ3n) is 4.37. The molecule has 0 atom stereocenters. The number of aromatic nitrogens is 2. The van der Waals surface area contributed by atoms with Gasteiger partial charge in [-0.15, -0.1) is 0 Å². The van der Waals surface area contributed by atoms with Crippen molar-refractivity contribution in [2.24, 2.45) is 0 Å². The maximum absolute atomic E-state index is 6.45. The Morgan fingerprint density at radius 1 is 0.960 bits per heavy atom. The van der Waals surface area contributed by atoms with Crippen molar-refractivity contribution in [1.82, 2.24) is 9.78 Å². The lowest BCUT2D eigenvalue weighted by Gasteiger charge is -2.09. The number of benzene rings is 2. The van der Waals surface area contributed by atoms with Crippen molar-refractivity contribution in [3.05, 3.63) is 63.1 Å². The Hall–Kier alpha value is -1.68. The van der Waals surface area contributed by atoms with Crippen molar-refractivity contribution < 1.29 is 0 Å². The summed E-state index contributed by atoms with van der Waals surface area (Å²) in [7, 11) is 0. The van der Waals surface area contributed by atoms with E-state index in [-0.39, 0.29) is 0 Å². The Morgan fingerprint density at radius 3 is 2.60 bits per heavy atom. The Balaban J connectivity index is 1.93. The second-order valence-corrected chi connectivity index (χ2v) is 7.36. The third kappa shape index (κ3) is 3.24. The van der Waals surface area contributed by atoms with Gasteiger partial charge in [0.25, 0.3) is 0 Å². The monoisotopic (exact) mass is 391 g/mol. The third-order valence-corrected chi connectivity index (χ3v) is 5.15. The molecule has 0 saturated heterocycles. The minimum Gasteiger partial charge on any atom is -0.370 e. The number of nitrogens with one attached hydrogen (secondary N) is 1. The molecule has 4 rings (SSSR count).